The Morgan fingerprint density at radius 1 is 1.21 bits per heavy atom. The van der Waals surface area contributed by atoms with E-state index in [1.807, 2.05) is 37.3 Å². The van der Waals surface area contributed by atoms with E-state index in [1.165, 1.54) is 5.57 Å². The maximum atomic E-state index is 12.6. The number of carbonyl (C=O) groups is 2. The average molecular weight is 396 g/mol. The molecule has 0 aromatic heterocycles. The van der Waals surface area contributed by atoms with Gasteiger partial charge in [0.1, 0.15) is 0 Å². The molecule has 1 aromatic rings. The van der Waals surface area contributed by atoms with Crippen molar-refractivity contribution in [2.75, 3.05) is 14.1 Å². The summed E-state index contributed by atoms with van der Waals surface area (Å²) < 4.78 is 0. The van der Waals surface area contributed by atoms with Gasteiger partial charge in [-0.1, -0.05) is 42.0 Å². The van der Waals surface area contributed by atoms with Gasteiger partial charge in [-0.3, -0.25) is 9.59 Å². The Labute approximate surface area is 174 Å². The molecule has 3 rings (SSSR count). The SMILES string of the molecule is Cc1ccccc1C(=O)C=C[C@@H]1[C@H]2CC(CCCCC(=O)N(C)C)=C[C@H]2C[C@H]1O. The van der Waals surface area contributed by atoms with Crippen molar-refractivity contribution < 1.29 is 14.7 Å². The number of ketones is 1. The van der Waals surface area contributed by atoms with Crippen molar-refractivity contribution in [2.45, 2.75) is 51.6 Å². The highest BCUT2D eigenvalue weighted by Crippen LogP contribution is 2.48. The van der Waals surface area contributed by atoms with Crippen LogP contribution in [0.4, 0.5) is 0 Å². The van der Waals surface area contributed by atoms with Crippen molar-refractivity contribution in [1.29, 1.82) is 0 Å². The molecule has 0 aliphatic heterocycles. The first-order valence-corrected chi connectivity index (χ1v) is 10.7. The quantitative estimate of drug-likeness (QED) is 0.309. The fraction of sp³-hybridized carbons (Fsp3) is 0.520. The molecule has 2 aliphatic carbocycles. The second-order valence-electron chi connectivity index (χ2n) is 8.77. The highest BCUT2D eigenvalue weighted by Gasteiger charge is 2.43. The zero-order chi connectivity index (χ0) is 21.0. The molecule has 1 N–H and O–H groups in total. The minimum Gasteiger partial charge on any atom is -0.392 e. The number of unbranched alkanes of at least 4 members (excludes halogenated alkanes) is 1. The van der Waals surface area contributed by atoms with Crippen LogP contribution in [0.1, 0.15) is 54.4 Å². The standard InChI is InChI=1S/C25H33NO3/c1-17-8-4-6-10-20(17)23(27)13-12-21-22-15-18(14-19(22)16-24(21)28)9-5-7-11-25(29)26(2)3/h4,6,8,10,12-14,19,21-22,24,28H,5,7,9,11,15-16H2,1-3H3/t19-,21+,22-,24+/m0/s1. The summed E-state index contributed by atoms with van der Waals surface area (Å²) in [6, 6.07) is 7.62. The van der Waals surface area contributed by atoms with Gasteiger partial charge >= 0.3 is 0 Å². The lowest BCUT2D eigenvalue weighted by Gasteiger charge is -2.18. The van der Waals surface area contributed by atoms with E-state index in [9.17, 15) is 14.7 Å². The molecule has 0 spiro atoms. The molecule has 29 heavy (non-hydrogen) atoms. The summed E-state index contributed by atoms with van der Waals surface area (Å²) in [5.41, 5.74) is 3.16. The molecule has 156 valence electrons. The van der Waals surface area contributed by atoms with Crippen molar-refractivity contribution in [2.24, 2.45) is 17.8 Å². The Morgan fingerprint density at radius 2 is 1.97 bits per heavy atom. The number of allylic oxidation sites excluding steroid dienone is 3. The summed E-state index contributed by atoms with van der Waals surface area (Å²) in [6.07, 6.45) is 10.9. The number of hydrogen-bond acceptors (Lipinski definition) is 3. The van der Waals surface area contributed by atoms with Gasteiger partial charge in [-0.2, -0.15) is 0 Å². The molecule has 0 heterocycles. The summed E-state index contributed by atoms with van der Waals surface area (Å²) in [6.45, 7) is 1.95. The van der Waals surface area contributed by atoms with Crippen LogP contribution in [0.25, 0.3) is 0 Å². The Bertz CT molecular complexity index is 808. The minimum atomic E-state index is -0.374. The molecular weight excluding hydrogens is 362 g/mol. The molecule has 0 unspecified atom stereocenters. The molecule has 4 nitrogen and oxygen atoms in total. The third kappa shape index (κ3) is 5.24. The van der Waals surface area contributed by atoms with Crippen LogP contribution in [0, 0.1) is 24.7 Å². The summed E-state index contributed by atoms with van der Waals surface area (Å²) >= 11 is 0. The van der Waals surface area contributed by atoms with Crippen LogP contribution < -0.4 is 0 Å². The van der Waals surface area contributed by atoms with E-state index in [0.717, 1.165) is 43.2 Å². The minimum absolute atomic E-state index is 0.00971. The number of carbonyl (C=O) groups excluding carboxylic acids is 2. The van der Waals surface area contributed by atoms with E-state index < -0.39 is 0 Å². The molecule has 1 fully saturated rings. The Morgan fingerprint density at radius 3 is 2.69 bits per heavy atom. The van der Waals surface area contributed by atoms with Crippen LogP contribution in [-0.2, 0) is 4.79 Å². The van der Waals surface area contributed by atoms with Crippen molar-refractivity contribution in [3.8, 4) is 0 Å². The number of rotatable bonds is 8. The monoisotopic (exact) mass is 395 g/mol. The first-order chi connectivity index (χ1) is 13.9. The van der Waals surface area contributed by atoms with E-state index in [0.29, 0.717) is 18.3 Å². The highest BCUT2D eigenvalue weighted by molar-refractivity contribution is 6.05. The first kappa shape index (κ1) is 21.5. The largest absolute Gasteiger partial charge is 0.392 e. The number of nitrogens with zero attached hydrogens (tertiary/aromatic N) is 1. The van der Waals surface area contributed by atoms with E-state index in [2.05, 4.69) is 6.08 Å². The first-order valence-electron chi connectivity index (χ1n) is 10.7. The van der Waals surface area contributed by atoms with Gasteiger partial charge in [0.15, 0.2) is 5.78 Å². The van der Waals surface area contributed by atoms with E-state index in [4.69, 9.17) is 0 Å². The Balaban J connectivity index is 1.53. The van der Waals surface area contributed by atoms with Gasteiger partial charge in [0, 0.05) is 32.0 Å². The third-order valence-corrected chi connectivity index (χ3v) is 6.47. The Kier molecular flexibility index (Phi) is 7.07. The maximum absolute atomic E-state index is 12.6. The lowest BCUT2D eigenvalue weighted by molar-refractivity contribution is -0.128. The molecule has 4 atom stereocenters. The average Bonchev–Trinajstić information content (AvgIpc) is 3.19. The van der Waals surface area contributed by atoms with Crippen molar-refractivity contribution in [3.05, 3.63) is 59.2 Å². The molecule has 0 saturated heterocycles. The number of amides is 1. The second-order valence-corrected chi connectivity index (χ2v) is 8.77. The summed E-state index contributed by atoms with van der Waals surface area (Å²) in [7, 11) is 3.59. The topological polar surface area (TPSA) is 57.6 Å². The number of aryl methyl sites for hydroxylation is 1. The van der Waals surface area contributed by atoms with Crippen molar-refractivity contribution in [3.63, 3.8) is 0 Å². The predicted octanol–water partition coefficient (Wildman–Crippen LogP) is 4.33. The van der Waals surface area contributed by atoms with Gasteiger partial charge in [0.25, 0.3) is 0 Å². The van der Waals surface area contributed by atoms with Crippen LogP contribution in [0.3, 0.4) is 0 Å². The van der Waals surface area contributed by atoms with Crippen LogP contribution in [0.2, 0.25) is 0 Å². The smallest absolute Gasteiger partial charge is 0.222 e. The van der Waals surface area contributed by atoms with E-state index in [-0.39, 0.29) is 23.7 Å². The second kappa shape index (κ2) is 9.53. The molecule has 0 radical (unpaired) electrons. The summed E-state index contributed by atoms with van der Waals surface area (Å²) in [5.74, 6) is 1.04. The molecule has 0 bridgehead atoms. The van der Waals surface area contributed by atoms with E-state index in [1.54, 1.807) is 25.1 Å². The number of fused-ring (bicyclic) bond motifs is 1. The summed E-state index contributed by atoms with van der Waals surface area (Å²) in [5, 5.41) is 10.5. The Hall–Kier alpha value is -2.20. The number of benzene rings is 1. The van der Waals surface area contributed by atoms with Gasteiger partial charge in [-0.25, -0.2) is 0 Å². The molecular formula is C25H33NO3. The third-order valence-electron chi connectivity index (χ3n) is 6.47. The molecule has 1 aromatic carbocycles. The van der Waals surface area contributed by atoms with E-state index >= 15 is 0 Å². The zero-order valence-electron chi connectivity index (χ0n) is 17.8. The number of aliphatic hydroxyl groups is 1. The van der Waals surface area contributed by atoms with Gasteiger partial charge in [0.05, 0.1) is 6.10 Å². The normalized spacial score (nSPS) is 25.9. The van der Waals surface area contributed by atoms with Crippen LogP contribution in [0.15, 0.2) is 48.1 Å². The molecule has 2 aliphatic rings. The van der Waals surface area contributed by atoms with Gasteiger partial charge in [-0.05, 0) is 62.5 Å². The molecule has 1 amide bonds. The fourth-order valence-corrected chi connectivity index (χ4v) is 4.78. The lowest BCUT2D eigenvalue weighted by atomic mass is 9.88. The van der Waals surface area contributed by atoms with Crippen molar-refractivity contribution >= 4 is 11.7 Å². The maximum Gasteiger partial charge on any atom is 0.222 e. The van der Waals surface area contributed by atoms with Crippen molar-refractivity contribution in [1.82, 2.24) is 4.90 Å². The summed E-state index contributed by atoms with van der Waals surface area (Å²) in [4.78, 5) is 25.9. The highest BCUT2D eigenvalue weighted by atomic mass is 16.3. The van der Waals surface area contributed by atoms with Crippen LogP contribution >= 0.6 is 0 Å². The van der Waals surface area contributed by atoms with Gasteiger partial charge in [0.2, 0.25) is 5.91 Å². The predicted molar refractivity (Wildman–Crippen MR) is 116 cm³/mol. The zero-order valence-corrected chi connectivity index (χ0v) is 17.8. The van der Waals surface area contributed by atoms with Crippen LogP contribution in [0.5, 0.6) is 0 Å². The number of aliphatic hydroxyl groups excluding tert-OH is 1. The van der Waals surface area contributed by atoms with Gasteiger partial charge < -0.3 is 10.0 Å². The fourth-order valence-electron chi connectivity index (χ4n) is 4.78. The molecule has 4 heteroatoms. The van der Waals surface area contributed by atoms with Crippen LogP contribution in [-0.4, -0.2) is 41.9 Å². The lowest BCUT2D eigenvalue weighted by Crippen LogP contribution is -2.21. The molecule has 1 saturated carbocycles. The number of hydrogen-bond donors (Lipinski definition) is 1. The van der Waals surface area contributed by atoms with Gasteiger partial charge in [-0.15, -0.1) is 0 Å².